The van der Waals surface area contributed by atoms with Crippen LogP contribution in [0.3, 0.4) is 0 Å². The first-order valence-electron chi connectivity index (χ1n) is 7.16. The highest BCUT2D eigenvalue weighted by atomic mass is 19.1. The van der Waals surface area contributed by atoms with Crippen molar-refractivity contribution in [3.8, 4) is 11.8 Å². The standard InChI is InChI=1S/C16H19FN2O2/c17-13-8-9-15(12(11-13)5-3-4-10-20)19-16(21)18-14-6-1-2-7-14/h8-9,11,14,20H,1-2,4,6-7,10H2,(H2,18,19,21). The highest BCUT2D eigenvalue weighted by Gasteiger charge is 2.17. The van der Waals surface area contributed by atoms with Gasteiger partial charge in [0.2, 0.25) is 0 Å². The molecule has 2 rings (SSSR count). The lowest BCUT2D eigenvalue weighted by molar-refractivity contribution is 0.248. The molecule has 4 nitrogen and oxygen atoms in total. The summed E-state index contributed by atoms with van der Waals surface area (Å²) >= 11 is 0. The number of anilines is 1. The molecule has 0 heterocycles. The number of carbonyl (C=O) groups is 1. The van der Waals surface area contributed by atoms with Gasteiger partial charge >= 0.3 is 6.03 Å². The third kappa shape index (κ3) is 4.76. The van der Waals surface area contributed by atoms with Crippen molar-refractivity contribution >= 4 is 11.7 Å². The van der Waals surface area contributed by atoms with Gasteiger partial charge in [-0.2, -0.15) is 0 Å². The summed E-state index contributed by atoms with van der Waals surface area (Å²) in [4.78, 5) is 11.9. The van der Waals surface area contributed by atoms with E-state index in [0.717, 1.165) is 25.7 Å². The van der Waals surface area contributed by atoms with Gasteiger partial charge in [0.15, 0.2) is 0 Å². The highest BCUT2D eigenvalue weighted by molar-refractivity contribution is 5.91. The van der Waals surface area contributed by atoms with E-state index in [2.05, 4.69) is 22.5 Å². The third-order valence-corrected chi connectivity index (χ3v) is 3.38. The Balaban J connectivity index is 2.04. The van der Waals surface area contributed by atoms with Crippen LogP contribution in [0.5, 0.6) is 0 Å². The SMILES string of the molecule is O=C(Nc1ccc(F)cc1C#CCCO)NC1CCCC1. The van der Waals surface area contributed by atoms with E-state index in [1.165, 1.54) is 18.2 Å². The Bertz CT molecular complexity index is 557. The number of hydrogen-bond donors (Lipinski definition) is 3. The molecule has 1 aliphatic rings. The molecule has 0 aromatic heterocycles. The average Bonchev–Trinajstić information content (AvgIpc) is 2.95. The smallest absolute Gasteiger partial charge is 0.319 e. The van der Waals surface area contributed by atoms with Crippen molar-refractivity contribution in [2.75, 3.05) is 11.9 Å². The van der Waals surface area contributed by atoms with E-state index < -0.39 is 5.82 Å². The van der Waals surface area contributed by atoms with Gasteiger partial charge in [-0.3, -0.25) is 0 Å². The van der Waals surface area contributed by atoms with Crippen molar-refractivity contribution in [3.63, 3.8) is 0 Å². The lowest BCUT2D eigenvalue weighted by Gasteiger charge is -2.13. The summed E-state index contributed by atoms with van der Waals surface area (Å²) in [5, 5.41) is 14.3. The van der Waals surface area contributed by atoms with Gasteiger partial charge in [-0.05, 0) is 31.0 Å². The molecule has 0 aliphatic heterocycles. The van der Waals surface area contributed by atoms with E-state index in [-0.39, 0.29) is 18.7 Å². The first-order valence-corrected chi connectivity index (χ1v) is 7.16. The van der Waals surface area contributed by atoms with Gasteiger partial charge in [-0.1, -0.05) is 24.7 Å². The van der Waals surface area contributed by atoms with Crippen molar-refractivity contribution in [1.29, 1.82) is 0 Å². The zero-order chi connectivity index (χ0) is 15.1. The molecule has 1 fully saturated rings. The third-order valence-electron chi connectivity index (χ3n) is 3.38. The molecule has 3 N–H and O–H groups in total. The minimum atomic E-state index is -0.412. The maximum atomic E-state index is 13.3. The van der Waals surface area contributed by atoms with E-state index in [9.17, 15) is 9.18 Å². The second-order valence-corrected chi connectivity index (χ2v) is 5.05. The quantitative estimate of drug-likeness (QED) is 0.749. The molecular weight excluding hydrogens is 271 g/mol. The molecule has 1 saturated carbocycles. The fourth-order valence-corrected chi connectivity index (χ4v) is 2.36. The summed E-state index contributed by atoms with van der Waals surface area (Å²) < 4.78 is 13.3. The van der Waals surface area contributed by atoms with E-state index >= 15 is 0 Å². The van der Waals surface area contributed by atoms with Crippen LogP contribution in [0.4, 0.5) is 14.9 Å². The second kappa shape index (κ2) is 7.65. The maximum absolute atomic E-state index is 13.3. The second-order valence-electron chi connectivity index (χ2n) is 5.05. The number of rotatable bonds is 3. The van der Waals surface area contributed by atoms with Crippen LogP contribution < -0.4 is 10.6 Å². The lowest BCUT2D eigenvalue weighted by atomic mass is 10.1. The monoisotopic (exact) mass is 290 g/mol. The molecule has 2 amide bonds. The van der Waals surface area contributed by atoms with Crippen molar-refractivity contribution < 1.29 is 14.3 Å². The largest absolute Gasteiger partial charge is 0.395 e. The van der Waals surface area contributed by atoms with Crippen molar-refractivity contribution in [1.82, 2.24) is 5.32 Å². The van der Waals surface area contributed by atoms with Crippen LogP contribution in [0.2, 0.25) is 0 Å². The minimum Gasteiger partial charge on any atom is -0.395 e. The molecule has 0 radical (unpaired) electrons. The predicted octanol–water partition coefficient (Wildman–Crippen LogP) is 2.62. The van der Waals surface area contributed by atoms with Crippen LogP contribution in [-0.4, -0.2) is 23.8 Å². The Morgan fingerprint density at radius 3 is 2.86 bits per heavy atom. The number of carbonyl (C=O) groups excluding carboxylic acids is 1. The van der Waals surface area contributed by atoms with Crippen LogP contribution >= 0.6 is 0 Å². The minimum absolute atomic E-state index is 0.0484. The van der Waals surface area contributed by atoms with Crippen LogP contribution in [0, 0.1) is 17.7 Å². The first-order chi connectivity index (χ1) is 10.2. The van der Waals surface area contributed by atoms with E-state index in [1.807, 2.05) is 0 Å². The summed E-state index contributed by atoms with van der Waals surface area (Å²) in [5.41, 5.74) is 0.877. The number of halogens is 1. The van der Waals surface area contributed by atoms with Crippen LogP contribution in [-0.2, 0) is 0 Å². The molecule has 0 spiro atoms. The maximum Gasteiger partial charge on any atom is 0.319 e. The number of hydrogen-bond acceptors (Lipinski definition) is 2. The Morgan fingerprint density at radius 2 is 2.14 bits per heavy atom. The molecule has 1 aromatic rings. The molecule has 0 saturated heterocycles. The highest BCUT2D eigenvalue weighted by Crippen LogP contribution is 2.19. The number of nitrogens with one attached hydrogen (secondary N) is 2. The molecule has 1 aromatic carbocycles. The lowest BCUT2D eigenvalue weighted by Crippen LogP contribution is -2.36. The van der Waals surface area contributed by atoms with Gasteiger partial charge in [-0.25, -0.2) is 9.18 Å². The van der Waals surface area contributed by atoms with E-state index in [1.54, 1.807) is 0 Å². The molecule has 5 heteroatoms. The molecule has 0 atom stereocenters. The Labute approximate surface area is 123 Å². The number of amides is 2. The van der Waals surface area contributed by atoms with Crippen LogP contribution in [0.1, 0.15) is 37.7 Å². The summed E-state index contributed by atoms with van der Waals surface area (Å²) in [7, 11) is 0. The first kappa shape index (κ1) is 15.3. The zero-order valence-electron chi connectivity index (χ0n) is 11.8. The predicted molar refractivity (Wildman–Crippen MR) is 79.4 cm³/mol. The van der Waals surface area contributed by atoms with Crippen LogP contribution in [0.15, 0.2) is 18.2 Å². The normalized spacial score (nSPS) is 14.4. The van der Waals surface area contributed by atoms with Crippen molar-refractivity contribution in [2.24, 2.45) is 0 Å². The van der Waals surface area contributed by atoms with Gasteiger partial charge < -0.3 is 15.7 Å². The van der Waals surface area contributed by atoms with E-state index in [4.69, 9.17) is 5.11 Å². The average molecular weight is 290 g/mol. The molecule has 1 aliphatic carbocycles. The number of aliphatic hydroxyl groups excluding tert-OH is 1. The summed E-state index contributed by atoms with van der Waals surface area (Å²) in [6.45, 7) is -0.0484. The molecule has 21 heavy (non-hydrogen) atoms. The van der Waals surface area contributed by atoms with Gasteiger partial charge in [0.25, 0.3) is 0 Å². The summed E-state index contributed by atoms with van der Waals surface area (Å²) in [5.74, 6) is 5.08. The van der Waals surface area contributed by atoms with Crippen molar-refractivity contribution in [3.05, 3.63) is 29.6 Å². The van der Waals surface area contributed by atoms with Gasteiger partial charge in [-0.15, -0.1) is 0 Å². The number of urea groups is 1. The molecule has 0 unspecified atom stereocenters. The topological polar surface area (TPSA) is 61.4 Å². The molecular formula is C16H19FN2O2. The fourth-order valence-electron chi connectivity index (χ4n) is 2.36. The molecule has 0 bridgehead atoms. The molecule has 112 valence electrons. The van der Waals surface area contributed by atoms with Gasteiger partial charge in [0.05, 0.1) is 17.9 Å². The fraction of sp³-hybridized carbons (Fsp3) is 0.438. The number of aliphatic hydroxyl groups is 1. The summed E-state index contributed by atoms with van der Waals surface area (Å²) in [6, 6.07) is 3.97. The zero-order valence-corrected chi connectivity index (χ0v) is 11.8. The summed E-state index contributed by atoms with van der Waals surface area (Å²) in [6.07, 6.45) is 4.59. The Hall–Kier alpha value is -2.06. The van der Waals surface area contributed by atoms with Crippen LogP contribution in [0.25, 0.3) is 0 Å². The van der Waals surface area contributed by atoms with Gasteiger partial charge in [0.1, 0.15) is 5.82 Å². The Morgan fingerprint density at radius 1 is 1.38 bits per heavy atom. The van der Waals surface area contributed by atoms with E-state index in [0.29, 0.717) is 17.7 Å². The van der Waals surface area contributed by atoms with Gasteiger partial charge in [0, 0.05) is 12.5 Å². The Kier molecular flexibility index (Phi) is 5.59. The van der Waals surface area contributed by atoms with Crippen molar-refractivity contribution in [2.45, 2.75) is 38.1 Å². The number of benzene rings is 1.